The first-order valence-corrected chi connectivity index (χ1v) is 8.73. The lowest BCUT2D eigenvalue weighted by atomic mass is 9.81. The number of fused-ring (bicyclic) bond motifs is 5. The first-order chi connectivity index (χ1) is 12.5. The molecule has 27 heavy (non-hydrogen) atoms. The van der Waals surface area contributed by atoms with Crippen molar-refractivity contribution in [3.05, 3.63) is 18.2 Å². The Bertz CT molecular complexity index is 758. The molecule has 146 valence electrons. The first kappa shape index (κ1) is 19.4. The number of hydrogen-bond acceptors (Lipinski definition) is 6. The Kier molecular flexibility index (Phi) is 5.30. The van der Waals surface area contributed by atoms with Crippen LogP contribution in [0.3, 0.4) is 0 Å². The van der Waals surface area contributed by atoms with Crippen molar-refractivity contribution in [1.82, 2.24) is 4.90 Å². The average Bonchev–Trinajstić information content (AvgIpc) is 3.28. The zero-order valence-electron chi connectivity index (χ0n) is 14.8. The van der Waals surface area contributed by atoms with Crippen LogP contribution in [0.2, 0.25) is 0 Å². The van der Waals surface area contributed by atoms with Gasteiger partial charge in [-0.1, -0.05) is 0 Å². The molecule has 4 unspecified atom stereocenters. The molecular formula is C18H22ClN3O5. The summed E-state index contributed by atoms with van der Waals surface area (Å²) in [6.07, 6.45) is 1.43. The van der Waals surface area contributed by atoms with Gasteiger partial charge in [-0.3, -0.25) is 19.3 Å². The van der Waals surface area contributed by atoms with Crippen molar-refractivity contribution < 1.29 is 23.9 Å². The number of nitrogens with one attached hydrogen (secondary N) is 1. The van der Waals surface area contributed by atoms with Crippen LogP contribution in [0.25, 0.3) is 0 Å². The number of anilines is 2. The fraction of sp³-hybridized carbons (Fsp3) is 0.500. The molecule has 3 aliphatic heterocycles. The maximum Gasteiger partial charge on any atom is 0.235 e. The van der Waals surface area contributed by atoms with Crippen LogP contribution in [0.15, 0.2) is 18.2 Å². The maximum atomic E-state index is 12.5. The Balaban J connectivity index is 0.00000210. The summed E-state index contributed by atoms with van der Waals surface area (Å²) >= 11 is 0. The molecule has 3 saturated heterocycles. The fourth-order valence-corrected chi connectivity index (χ4v) is 4.24. The molecule has 0 saturated carbocycles. The predicted molar refractivity (Wildman–Crippen MR) is 99.5 cm³/mol. The van der Waals surface area contributed by atoms with Gasteiger partial charge in [0.05, 0.1) is 36.8 Å². The Morgan fingerprint density at radius 1 is 1.26 bits per heavy atom. The van der Waals surface area contributed by atoms with Gasteiger partial charge < -0.3 is 20.5 Å². The van der Waals surface area contributed by atoms with Crippen LogP contribution in [0.1, 0.15) is 19.3 Å². The summed E-state index contributed by atoms with van der Waals surface area (Å²) in [5, 5.41) is 2.72. The standard InChI is InChI=1S/C18H21N3O5.ClH/c1-25-11-3-2-9(8-10(11)19)20-14(22)6-7-21-17(23)15-12-4-5-13(26-12)16(15)18(21)24;/h2-3,8,12-13,15-16H,4-7,19H2,1H3,(H,20,22);1H. The molecule has 9 heteroatoms. The van der Waals surface area contributed by atoms with Crippen molar-refractivity contribution in [2.24, 2.45) is 11.8 Å². The summed E-state index contributed by atoms with van der Waals surface area (Å²) in [7, 11) is 1.51. The van der Waals surface area contributed by atoms with Crippen molar-refractivity contribution in [2.75, 3.05) is 24.7 Å². The van der Waals surface area contributed by atoms with Gasteiger partial charge >= 0.3 is 0 Å². The van der Waals surface area contributed by atoms with Gasteiger partial charge in [0.1, 0.15) is 5.75 Å². The molecule has 3 aliphatic rings. The van der Waals surface area contributed by atoms with Crippen molar-refractivity contribution in [1.29, 1.82) is 0 Å². The van der Waals surface area contributed by atoms with Gasteiger partial charge in [-0.25, -0.2) is 0 Å². The SMILES string of the molecule is COc1ccc(NC(=O)CCN2C(=O)C3C4CCC(O4)C3C2=O)cc1N.Cl. The summed E-state index contributed by atoms with van der Waals surface area (Å²) in [4.78, 5) is 38.5. The largest absolute Gasteiger partial charge is 0.495 e. The van der Waals surface area contributed by atoms with Crippen molar-refractivity contribution >= 4 is 41.5 Å². The van der Waals surface area contributed by atoms with Gasteiger partial charge in [0.15, 0.2) is 0 Å². The Labute approximate surface area is 162 Å². The lowest BCUT2D eigenvalue weighted by molar-refractivity contribution is -0.142. The third-order valence-electron chi connectivity index (χ3n) is 5.45. The molecule has 0 radical (unpaired) electrons. The number of halogens is 1. The number of amides is 3. The van der Waals surface area contributed by atoms with Gasteiger partial charge in [0.25, 0.3) is 0 Å². The van der Waals surface area contributed by atoms with E-state index in [0.717, 1.165) is 12.8 Å². The molecule has 4 rings (SSSR count). The minimum absolute atomic E-state index is 0. The molecular weight excluding hydrogens is 374 g/mol. The minimum atomic E-state index is -0.356. The average molecular weight is 396 g/mol. The molecule has 0 aromatic heterocycles. The van der Waals surface area contributed by atoms with E-state index in [2.05, 4.69) is 5.32 Å². The highest BCUT2D eigenvalue weighted by molar-refractivity contribution is 6.06. The minimum Gasteiger partial charge on any atom is -0.495 e. The Hall–Kier alpha value is -2.32. The third-order valence-corrected chi connectivity index (χ3v) is 5.45. The molecule has 4 atom stereocenters. The summed E-state index contributed by atoms with van der Waals surface area (Å²) < 4.78 is 10.8. The van der Waals surface area contributed by atoms with E-state index in [9.17, 15) is 14.4 Å². The number of likely N-dealkylation sites (tertiary alicyclic amines) is 1. The van der Waals surface area contributed by atoms with Gasteiger partial charge in [-0.05, 0) is 31.0 Å². The van der Waals surface area contributed by atoms with Gasteiger partial charge in [-0.15, -0.1) is 12.4 Å². The number of ether oxygens (including phenoxy) is 2. The molecule has 0 aliphatic carbocycles. The molecule has 2 bridgehead atoms. The topological polar surface area (TPSA) is 111 Å². The van der Waals surface area contributed by atoms with Crippen molar-refractivity contribution in [3.63, 3.8) is 0 Å². The van der Waals surface area contributed by atoms with E-state index in [-0.39, 0.29) is 67.1 Å². The second-order valence-corrected chi connectivity index (χ2v) is 6.92. The van der Waals surface area contributed by atoms with Crippen molar-refractivity contribution in [2.45, 2.75) is 31.5 Å². The summed E-state index contributed by atoms with van der Waals surface area (Å²) in [5.41, 5.74) is 6.77. The maximum absolute atomic E-state index is 12.5. The highest BCUT2D eigenvalue weighted by atomic mass is 35.5. The predicted octanol–water partition coefficient (Wildman–Crippen LogP) is 1.19. The van der Waals surface area contributed by atoms with E-state index < -0.39 is 0 Å². The molecule has 3 amide bonds. The molecule has 0 spiro atoms. The van der Waals surface area contributed by atoms with E-state index in [1.165, 1.54) is 12.0 Å². The highest BCUT2D eigenvalue weighted by Gasteiger charge is 2.62. The Morgan fingerprint density at radius 2 is 1.89 bits per heavy atom. The van der Waals surface area contributed by atoms with E-state index in [1.807, 2.05) is 0 Å². The number of carbonyl (C=O) groups is 3. The van der Waals surface area contributed by atoms with Crippen LogP contribution in [0, 0.1) is 11.8 Å². The smallest absolute Gasteiger partial charge is 0.235 e. The summed E-state index contributed by atoms with van der Waals surface area (Å²) in [5.74, 6) is -0.870. The second kappa shape index (κ2) is 7.36. The zero-order valence-corrected chi connectivity index (χ0v) is 15.7. The number of carbonyl (C=O) groups excluding carboxylic acids is 3. The number of imide groups is 1. The van der Waals surface area contributed by atoms with Gasteiger partial charge in [0, 0.05) is 18.7 Å². The third kappa shape index (κ3) is 3.23. The van der Waals surface area contributed by atoms with Crippen LogP contribution in [0.5, 0.6) is 5.75 Å². The van der Waals surface area contributed by atoms with Crippen LogP contribution in [-0.4, -0.2) is 48.5 Å². The zero-order chi connectivity index (χ0) is 18.4. The van der Waals surface area contributed by atoms with Gasteiger partial charge in [0.2, 0.25) is 17.7 Å². The molecule has 8 nitrogen and oxygen atoms in total. The van der Waals surface area contributed by atoms with E-state index in [0.29, 0.717) is 17.1 Å². The molecule has 3 heterocycles. The van der Waals surface area contributed by atoms with E-state index in [1.54, 1.807) is 18.2 Å². The van der Waals surface area contributed by atoms with Crippen LogP contribution >= 0.6 is 12.4 Å². The van der Waals surface area contributed by atoms with Gasteiger partial charge in [-0.2, -0.15) is 0 Å². The number of hydrogen-bond donors (Lipinski definition) is 2. The molecule has 3 N–H and O–H groups in total. The summed E-state index contributed by atoms with van der Waals surface area (Å²) in [6, 6.07) is 4.94. The summed E-state index contributed by atoms with van der Waals surface area (Å²) in [6.45, 7) is 0.0849. The number of nitrogens with two attached hydrogens (primary N) is 1. The monoisotopic (exact) mass is 395 g/mol. The second-order valence-electron chi connectivity index (χ2n) is 6.92. The normalized spacial score (nSPS) is 28.1. The number of nitrogen functional groups attached to an aromatic ring is 1. The lowest BCUT2D eigenvalue weighted by Gasteiger charge is -2.17. The van der Waals surface area contributed by atoms with Crippen LogP contribution < -0.4 is 15.8 Å². The van der Waals surface area contributed by atoms with Crippen LogP contribution in [0.4, 0.5) is 11.4 Å². The molecule has 1 aromatic carbocycles. The lowest BCUT2D eigenvalue weighted by Crippen LogP contribution is -2.36. The molecule has 3 fully saturated rings. The van der Waals surface area contributed by atoms with Crippen LogP contribution in [-0.2, 0) is 19.1 Å². The van der Waals surface area contributed by atoms with E-state index in [4.69, 9.17) is 15.2 Å². The Morgan fingerprint density at radius 3 is 2.44 bits per heavy atom. The number of benzene rings is 1. The number of rotatable bonds is 5. The number of nitrogens with zero attached hydrogens (tertiary/aromatic N) is 1. The fourth-order valence-electron chi connectivity index (χ4n) is 4.24. The molecule has 1 aromatic rings. The quantitative estimate of drug-likeness (QED) is 0.572. The highest BCUT2D eigenvalue weighted by Crippen LogP contribution is 2.48. The van der Waals surface area contributed by atoms with E-state index >= 15 is 0 Å². The number of methoxy groups -OCH3 is 1. The van der Waals surface area contributed by atoms with Crippen molar-refractivity contribution in [3.8, 4) is 5.75 Å². The first-order valence-electron chi connectivity index (χ1n) is 8.73.